The highest BCUT2D eigenvalue weighted by Gasteiger charge is 2.45. The number of carbonyl (C=O) groups is 1. The van der Waals surface area contributed by atoms with E-state index < -0.39 is 0 Å². The number of rotatable bonds is 0. The summed E-state index contributed by atoms with van der Waals surface area (Å²) < 4.78 is 0. The van der Waals surface area contributed by atoms with Crippen molar-refractivity contribution in [1.29, 1.82) is 0 Å². The average molecular weight is 222 g/mol. The maximum Gasteiger partial charge on any atom is 0.168 e. The largest absolute Gasteiger partial charge is 0.511 e. The number of ketones is 1. The maximum atomic E-state index is 12.4. The van der Waals surface area contributed by atoms with Gasteiger partial charge >= 0.3 is 0 Å². The molecule has 16 heavy (non-hydrogen) atoms. The van der Waals surface area contributed by atoms with E-state index in [-0.39, 0.29) is 16.6 Å². The van der Waals surface area contributed by atoms with E-state index in [1.54, 1.807) is 0 Å². The van der Waals surface area contributed by atoms with E-state index in [0.29, 0.717) is 11.7 Å². The van der Waals surface area contributed by atoms with E-state index in [1.165, 1.54) is 0 Å². The minimum atomic E-state index is -0.284. The summed E-state index contributed by atoms with van der Waals surface area (Å²) in [6.07, 6.45) is 4.04. The molecule has 1 atom stereocenters. The van der Waals surface area contributed by atoms with Crippen LogP contribution in [0.15, 0.2) is 11.3 Å². The predicted molar refractivity (Wildman–Crippen MR) is 64.2 cm³/mol. The van der Waals surface area contributed by atoms with Crippen LogP contribution in [0.25, 0.3) is 0 Å². The lowest BCUT2D eigenvalue weighted by Gasteiger charge is -2.42. The fourth-order valence-corrected chi connectivity index (χ4v) is 2.95. The number of aliphatic hydroxyl groups excluding tert-OH is 1. The molecule has 0 radical (unpaired) electrons. The van der Waals surface area contributed by atoms with Gasteiger partial charge in [-0.3, -0.25) is 4.79 Å². The first-order valence-electron chi connectivity index (χ1n) is 6.24. The molecule has 0 aromatic carbocycles. The van der Waals surface area contributed by atoms with E-state index in [1.807, 2.05) is 27.7 Å². The monoisotopic (exact) mass is 222 g/mol. The third-order valence-electron chi connectivity index (χ3n) is 4.40. The zero-order valence-electron chi connectivity index (χ0n) is 10.8. The van der Waals surface area contributed by atoms with Crippen LogP contribution in [0.1, 0.15) is 53.4 Å². The van der Waals surface area contributed by atoms with Crippen molar-refractivity contribution in [3.8, 4) is 0 Å². The lowest BCUT2D eigenvalue weighted by atomic mass is 9.62. The van der Waals surface area contributed by atoms with Gasteiger partial charge in [0, 0.05) is 16.4 Å². The van der Waals surface area contributed by atoms with Crippen molar-refractivity contribution >= 4 is 5.78 Å². The summed E-state index contributed by atoms with van der Waals surface area (Å²) in [6, 6.07) is 0. The number of Topliss-reactive ketones (excluding diaryl/α,β-unsaturated/α-hetero) is 1. The number of aliphatic hydroxyl groups is 1. The summed E-state index contributed by atoms with van der Waals surface area (Å²) in [4.78, 5) is 12.4. The summed E-state index contributed by atoms with van der Waals surface area (Å²) in [5.74, 6) is 0.851. The van der Waals surface area contributed by atoms with E-state index in [2.05, 4.69) is 0 Å². The normalized spacial score (nSPS) is 32.5. The Balaban J connectivity index is 2.48. The molecule has 2 rings (SSSR count). The topological polar surface area (TPSA) is 37.3 Å². The van der Waals surface area contributed by atoms with Crippen molar-refractivity contribution in [1.82, 2.24) is 0 Å². The smallest absolute Gasteiger partial charge is 0.168 e. The van der Waals surface area contributed by atoms with Gasteiger partial charge in [0.1, 0.15) is 5.76 Å². The zero-order chi connectivity index (χ0) is 12.1. The molecular formula is C14H22O2. The van der Waals surface area contributed by atoms with Gasteiger partial charge in [0.25, 0.3) is 0 Å². The third kappa shape index (κ3) is 1.59. The Morgan fingerprint density at radius 1 is 1.06 bits per heavy atom. The molecular weight excluding hydrogens is 200 g/mol. The van der Waals surface area contributed by atoms with Gasteiger partial charge in [-0.2, -0.15) is 0 Å². The van der Waals surface area contributed by atoms with Crippen LogP contribution in [0.3, 0.4) is 0 Å². The Morgan fingerprint density at radius 3 is 2.12 bits per heavy atom. The standard InChI is InChI=1S/C14H22O2/c1-13(2)7-5-9-6-8-14(3,4)12(16)10(9)11(13)15/h9,15H,5-8H2,1-4H3. The van der Waals surface area contributed by atoms with Gasteiger partial charge in [0.2, 0.25) is 0 Å². The van der Waals surface area contributed by atoms with Crippen molar-refractivity contribution in [2.24, 2.45) is 16.7 Å². The molecule has 1 N–H and O–H groups in total. The molecule has 0 aromatic rings. The molecule has 1 unspecified atom stereocenters. The molecule has 0 heterocycles. The third-order valence-corrected chi connectivity index (χ3v) is 4.40. The molecule has 2 aliphatic carbocycles. The fraction of sp³-hybridized carbons (Fsp3) is 0.786. The van der Waals surface area contributed by atoms with Crippen molar-refractivity contribution in [3.05, 3.63) is 11.3 Å². The SMILES string of the molecule is CC1(C)CCC2CCC(C)(C)C(O)=C2C1=O. The Bertz CT molecular complexity index is 361. The van der Waals surface area contributed by atoms with Gasteiger partial charge in [-0.25, -0.2) is 0 Å². The minimum Gasteiger partial charge on any atom is -0.511 e. The lowest BCUT2D eigenvalue weighted by molar-refractivity contribution is -0.126. The van der Waals surface area contributed by atoms with Crippen molar-refractivity contribution in [3.63, 3.8) is 0 Å². The van der Waals surface area contributed by atoms with Crippen molar-refractivity contribution < 1.29 is 9.90 Å². The lowest BCUT2D eigenvalue weighted by Crippen LogP contribution is -2.39. The number of carbonyl (C=O) groups excluding carboxylic acids is 1. The molecule has 2 nitrogen and oxygen atoms in total. The highest BCUT2D eigenvalue weighted by Crippen LogP contribution is 2.49. The van der Waals surface area contributed by atoms with Crippen LogP contribution in [0.2, 0.25) is 0 Å². The molecule has 90 valence electrons. The molecule has 0 aliphatic heterocycles. The minimum absolute atomic E-state index is 0.175. The van der Waals surface area contributed by atoms with Crippen molar-refractivity contribution in [2.45, 2.75) is 53.4 Å². The van der Waals surface area contributed by atoms with Crippen LogP contribution in [0.4, 0.5) is 0 Å². The first-order chi connectivity index (χ1) is 7.26. The van der Waals surface area contributed by atoms with E-state index in [0.717, 1.165) is 31.3 Å². The Hall–Kier alpha value is -0.790. The van der Waals surface area contributed by atoms with E-state index in [4.69, 9.17) is 0 Å². The number of hydrogen-bond donors (Lipinski definition) is 1. The van der Waals surface area contributed by atoms with Gasteiger partial charge in [-0.05, 0) is 31.6 Å². The molecule has 1 saturated carbocycles. The highest BCUT2D eigenvalue weighted by atomic mass is 16.3. The van der Waals surface area contributed by atoms with Gasteiger partial charge in [0.15, 0.2) is 5.78 Å². The van der Waals surface area contributed by atoms with Crippen LogP contribution >= 0.6 is 0 Å². The second kappa shape index (κ2) is 3.35. The second-order valence-electron chi connectivity index (χ2n) is 6.63. The molecule has 0 spiro atoms. The van der Waals surface area contributed by atoms with E-state index in [9.17, 15) is 9.90 Å². The van der Waals surface area contributed by atoms with Crippen LogP contribution in [0.5, 0.6) is 0 Å². The Morgan fingerprint density at radius 2 is 1.56 bits per heavy atom. The number of allylic oxidation sites excluding steroid dienone is 2. The van der Waals surface area contributed by atoms with Gasteiger partial charge in [0.05, 0.1) is 0 Å². The predicted octanol–water partition coefficient (Wildman–Crippen LogP) is 3.62. The summed E-state index contributed by atoms with van der Waals surface area (Å²) in [7, 11) is 0. The molecule has 1 fully saturated rings. The molecule has 0 amide bonds. The van der Waals surface area contributed by atoms with Gasteiger partial charge in [-0.15, -0.1) is 0 Å². The number of fused-ring (bicyclic) bond motifs is 1. The van der Waals surface area contributed by atoms with Gasteiger partial charge < -0.3 is 5.11 Å². The quantitative estimate of drug-likeness (QED) is 0.679. The summed E-state index contributed by atoms with van der Waals surface area (Å²) >= 11 is 0. The van der Waals surface area contributed by atoms with Crippen LogP contribution < -0.4 is 0 Å². The van der Waals surface area contributed by atoms with Crippen molar-refractivity contribution in [2.75, 3.05) is 0 Å². The first-order valence-corrected chi connectivity index (χ1v) is 6.24. The summed E-state index contributed by atoms with van der Waals surface area (Å²) in [5.41, 5.74) is 0.245. The van der Waals surface area contributed by atoms with Crippen LogP contribution in [-0.4, -0.2) is 10.9 Å². The Kier molecular flexibility index (Phi) is 2.45. The van der Waals surface area contributed by atoms with Crippen LogP contribution in [0, 0.1) is 16.7 Å². The molecule has 0 bridgehead atoms. The zero-order valence-corrected chi connectivity index (χ0v) is 10.8. The molecule has 2 aliphatic rings. The number of hydrogen-bond acceptors (Lipinski definition) is 2. The van der Waals surface area contributed by atoms with Crippen LogP contribution in [-0.2, 0) is 4.79 Å². The Labute approximate surface area is 97.7 Å². The van der Waals surface area contributed by atoms with Gasteiger partial charge in [-0.1, -0.05) is 27.7 Å². The average Bonchev–Trinajstić information content (AvgIpc) is 2.18. The highest BCUT2D eigenvalue weighted by molar-refractivity contribution is 6.01. The summed E-state index contributed by atoms with van der Waals surface area (Å²) in [6.45, 7) is 8.04. The molecule has 0 aromatic heterocycles. The molecule has 2 heteroatoms. The fourth-order valence-electron chi connectivity index (χ4n) is 2.95. The second-order valence-corrected chi connectivity index (χ2v) is 6.63. The molecule has 0 saturated heterocycles. The first kappa shape index (κ1) is 11.7. The summed E-state index contributed by atoms with van der Waals surface area (Å²) in [5, 5.41) is 10.3. The van der Waals surface area contributed by atoms with E-state index >= 15 is 0 Å². The maximum absolute atomic E-state index is 12.4.